The Kier molecular flexibility index (Phi) is 7.91. The molecule has 0 unspecified atom stereocenters. The van der Waals surface area contributed by atoms with Crippen molar-refractivity contribution in [3.05, 3.63) is 0 Å². The number of nitrogens with zero attached hydrogens (tertiary/aromatic N) is 3. The summed E-state index contributed by atoms with van der Waals surface area (Å²) in [5.74, 6) is 0.810. The Hall–Kier alpha value is -0.160. The van der Waals surface area contributed by atoms with Gasteiger partial charge in [0.05, 0.1) is 0 Å². The normalized spacial score (nSPS) is 23.0. The monoisotopic (exact) mass is 408 g/mol. The van der Waals surface area contributed by atoms with Gasteiger partial charge in [-0.25, -0.2) is 0 Å². The van der Waals surface area contributed by atoms with E-state index in [-0.39, 0.29) is 11.1 Å². The Morgan fingerprint density at radius 2 is 1.21 bits per heavy atom. The average Bonchev–Trinajstić information content (AvgIpc) is 2.60. The van der Waals surface area contributed by atoms with Gasteiger partial charge >= 0.3 is 0 Å². The van der Waals surface area contributed by atoms with Gasteiger partial charge in [-0.1, -0.05) is 13.8 Å². The Morgan fingerprint density at radius 3 is 1.66 bits per heavy atom. The zero-order valence-corrected chi connectivity index (χ0v) is 21.5. The van der Waals surface area contributed by atoms with Gasteiger partial charge in [-0.15, -0.1) is 0 Å². The van der Waals surface area contributed by atoms with Crippen LogP contribution < -0.4 is 5.32 Å². The lowest BCUT2D eigenvalue weighted by atomic mass is 9.62. The van der Waals surface area contributed by atoms with Crippen LogP contribution in [-0.4, -0.2) is 83.7 Å². The zero-order valence-electron chi connectivity index (χ0n) is 21.5. The number of rotatable bonds is 6. The number of hydrogen-bond acceptors (Lipinski definition) is 4. The first-order chi connectivity index (χ1) is 13.1. The van der Waals surface area contributed by atoms with E-state index in [4.69, 9.17) is 0 Å². The van der Waals surface area contributed by atoms with Crippen LogP contribution in [0.2, 0.25) is 0 Å². The van der Waals surface area contributed by atoms with Crippen LogP contribution in [0.25, 0.3) is 0 Å². The zero-order chi connectivity index (χ0) is 22.1. The number of hydrogen-bond donors (Lipinski definition) is 1. The molecule has 2 heterocycles. The molecule has 0 atom stereocenters. The Labute approximate surface area is 182 Å². The summed E-state index contributed by atoms with van der Waals surface area (Å²) >= 11 is 0. The fourth-order valence-corrected chi connectivity index (χ4v) is 5.30. The van der Waals surface area contributed by atoms with Gasteiger partial charge in [0.2, 0.25) is 0 Å². The minimum Gasteiger partial charge on any atom is -0.311 e. The lowest BCUT2D eigenvalue weighted by molar-refractivity contribution is -0.0676. The highest BCUT2D eigenvalue weighted by atomic mass is 15.3. The van der Waals surface area contributed by atoms with E-state index in [2.05, 4.69) is 89.3 Å². The van der Waals surface area contributed by atoms with Crippen molar-refractivity contribution in [1.29, 1.82) is 0 Å². The summed E-state index contributed by atoms with van der Waals surface area (Å²) in [7, 11) is 0. The first-order valence-corrected chi connectivity index (χ1v) is 12.1. The van der Waals surface area contributed by atoms with Crippen molar-refractivity contribution in [1.82, 2.24) is 20.0 Å². The van der Waals surface area contributed by atoms with E-state index < -0.39 is 0 Å². The first kappa shape index (κ1) is 25.1. The van der Waals surface area contributed by atoms with Crippen LogP contribution in [0.1, 0.15) is 82.1 Å². The van der Waals surface area contributed by atoms with Crippen LogP contribution in [-0.2, 0) is 0 Å². The smallest absolute Gasteiger partial charge is 0.0207 e. The van der Waals surface area contributed by atoms with Crippen LogP contribution in [0.5, 0.6) is 0 Å². The van der Waals surface area contributed by atoms with E-state index in [0.29, 0.717) is 11.0 Å². The predicted octanol–water partition coefficient (Wildman–Crippen LogP) is 4.31. The Morgan fingerprint density at radius 1 is 0.690 bits per heavy atom. The predicted molar refractivity (Wildman–Crippen MR) is 128 cm³/mol. The molecule has 0 aromatic heterocycles. The summed E-state index contributed by atoms with van der Waals surface area (Å²) in [5.41, 5.74) is 1.09. The molecule has 2 rings (SSSR count). The fourth-order valence-electron chi connectivity index (χ4n) is 5.30. The van der Waals surface area contributed by atoms with Gasteiger partial charge in [0.1, 0.15) is 0 Å². The molecule has 4 heteroatoms. The molecule has 0 amide bonds. The molecule has 1 N–H and O–H groups in total. The number of piperazine rings is 1. The molecular formula is C25H52N4. The second kappa shape index (κ2) is 9.14. The lowest BCUT2D eigenvalue weighted by Crippen LogP contribution is -2.63. The lowest BCUT2D eigenvalue weighted by Gasteiger charge is -2.56. The summed E-state index contributed by atoms with van der Waals surface area (Å²) in [4.78, 5) is 8.11. The van der Waals surface area contributed by atoms with Crippen LogP contribution in [0, 0.1) is 11.3 Å². The summed E-state index contributed by atoms with van der Waals surface area (Å²) in [6.45, 7) is 33.5. The average molecular weight is 409 g/mol. The van der Waals surface area contributed by atoms with Gasteiger partial charge in [0.25, 0.3) is 0 Å². The van der Waals surface area contributed by atoms with Crippen LogP contribution in [0.3, 0.4) is 0 Å². The SMILES string of the molecule is CC(C)(C)NCCN1CCN(C(C)(C)C(C)(C)C2CCN(C(C)(C)C)CC2)CC1. The van der Waals surface area contributed by atoms with E-state index >= 15 is 0 Å². The van der Waals surface area contributed by atoms with Crippen molar-refractivity contribution in [3.8, 4) is 0 Å². The Balaban J connectivity index is 1.88. The quantitative estimate of drug-likeness (QED) is 0.707. The van der Waals surface area contributed by atoms with E-state index in [1.807, 2.05) is 0 Å². The number of likely N-dealkylation sites (tertiary alicyclic amines) is 1. The third kappa shape index (κ3) is 6.41. The maximum Gasteiger partial charge on any atom is 0.0207 e. The minimum atomic E-state index is 0.219. The fraction of sp³-hybridized carbons (Fsp3) is 1.00. The van der Waals surface area contributed by atoms with Crippen molar-refractivity contribution in [2.75, 3.05) is 52.4 Å². The summed E-state index contributed by atoms with van der Waals surface area (Å²) in [5, 5.41) is 3.63. The van der Waals surface area contributed by atoms with Gasteiger partial charge in [-0.3, -0.25) is 14.7 Å². The van der Waals surface area contributed by atoms with Crippen LogP contribution in [0.4, 0.5) is 0 Å². The van der Waals surface area contributed by atoms with Crippen LogP contribution >= 0.6 is 0 Å². The Bertz CT molecular complexity index is 496. The molecule has 0 spiro atoms. The van der Waals surface area contributed by atoms with Crippen molar-refractivity contribution < 1.29 is 0 Å². The van der Waals surface area contributed by atoms with Gasteiger partial charge in [0, 0.05) is 55.9 Å². The van der Waals surface area contributed by atoms with E-state index in [0.717, 1.165) is 12.5 Å². The van der Waals surface area contributed by atoms with E-state index in [9.17, 15) is 0 Å². The third-order valence-corrected chi connectivity index (χ3v) is 8.29. The second-order valence-corrected chi connectivity index (χ2v) is 12.7. The maximum absolute atomic E-state index is 3.63. The summed E-state index contributed by atoms with van der Waals surface area (Å²) in [6, 6.07) is 0. The standard InChI is InChI=1S/C25H52N4/c1-22(2,3)26-13-16-27-17-19-29(20-18-27)25(9,10)24(7,8)21-11-14-28(15-12-21)23(4,5)6/h21,26H,11-20H2,1-10H3. The first-order valence-electron chi connectivity index (χ1n) is 12.1. The molecule has 0 radical (unpaired) electrons. The number of piperidine rings is 1. The molecule has 29 heavy (non-hydrogen) atoms. The van der Waals surface area contributed by atoms with Gasteiger partial charge < -0.3 is 5.32 Å². The molecule has 172 valence electrons. The van der Waals surface area contributed by atoms with Crippen molar-refractivity contribution >= 4 is 0 Å². The van der Waals surface area contributed by atoms with Gasteiger partial charge in [0.15, 0.2) is 0 Å². The number of nitrogens with one attached hydrogen (secondary N) is 1. The highest BCUT2D eigenvalue weighted by molar-refractivity contribution is 5.01. The van der Waals surface area contributed by atoms with Crippen LogP contribution in [0.15, 0.2) is 0 Å². The molecule has 0 bridgehead atoms. The minimum absolute atomic E-state index is 0.219. The van der Waals surface area contributed by atoms with E-state index in [1.54, 1.807) is 0 Å². The molecular weight excluding hydrogens is 356 g/mol. The molecule has 4 nitrogen and oxygen atoms in total. The molecule has 0 aliphatic carbocycles. The van der Waals surface area contributed by atoms with Gasteiger partial charge in [-0.2, -0.15) is 0 Å². The second-order valence-electron chi connectivity index (χ2n) is 12.7. The molecule has 2 fully saturated rings. The molecule has 0 saturated carbocycles. The topological polar surface area (TPSA) is 21.8 Å². The van der Waals surface area contributed by atoms with Crippen molar-refractivity contribution in [3.63, 3.8) is 0 Å². The molecule has 0 aromatic rings. The highest BCUT2D eigenvalue weighted by Crippen LogP contribution is 2.46. The molecule has 2 aliphatic heterocycles. The van der Waals surface area contributed by atoms with Crippen molar-refractivity contribution in [2.45, 2.75) is 98.7 Å². The van der Waals surface area contributed by atoms with E-state index in [1.165, 1.54) is 58.7 Å². The molecule has 2 aliphatic rings. The third-order valence-electron chi connectivity index (χ3n) is 8.29. The van der Waals surface area contributed by atoms with Gasteiger partial charge in [-0.05, 0) is 92.7 Å². The highest BCUT2D eigenvalue weighted by Gasteiger charge is 2.48. The summed E-state index contributed by atoms with van der Waals surface area (Å²) < 4.78 is 0. The molecule has 0 aromatic carbocycles. The maximum atomic E-state index is 3.63. The largest absolute Gasteiger partial charge is 0.311 e. The summed E-state index contributed by atoms with van der Waals surface area (Å²) in [6.07, 6.45) is 2.68. The molecule has 2 saturated heterocycles. The van der Waals surface area contributed by atoms with Crippen molar-refractivity contribution in [2.24, 2.45) is 11.3 Å².